The summed E-state index contributed by atoms with van der Waals surface area (Å²) in [6, 6.07) is 0. The van der Waals surface area contributed by atoms with E-state index < -0.39 is 30.7 Å². The van der Waals surface area contributed by atoms with E-state index in [1.165, 1.54) is 21.3 Å². The lowest BCUT2D eigenvalue weighted by atomic mass is 9.99. The van der Waals surface area contributed by atoms with Gasteiger partial charge >= 0.3 is 0 Å². The molecule has 1 heterocycles. The first-order valence-electron chi connectivity index (χ1n) is 4.71. The first-order valence-corrected chi connectivity index (χ1v) is 4.71. The normalized spacial score (nSPS) is 41.8. The van der Waals surface area contributed by atoms with E-state index in [0.717, 1.165) is 0 Å². The van der Waals surface area contributed by atoms with Gasteiger partial charge in [0.2, 0.25) is 0 Å². The van der Waals surface area contributed by atoms with Crippen molar-refractivity contribution < 1.29 is 29.2 Å². The van der Waals surface area contributed by atoms with Gasteiger partial charge < -0.3 is 29.2 Å². The molecule has 0 bridgehead atoms. The van der Waals surface area contributed by atoms with Gasteiger partial charge in [-0.1, -0.05) is 0 Å². The van der Waals surface area contributed by atoms with Crippen molar-refractivity contribution in [3.8, 4) is 0 Å². The number of rotatable bonds is 4. The van der Waals surface area contributed by atoms with Gasteiger partial charge in [0.25, 0.3) is 0 Å². The van der Waals surface area contributed by atoms with E-state index in [4.69, 9.17) is 18.9 Å². The maximum Gasteiger partial charge on any atom is 0.184 e. The third-order valence-electron chi connectivity index (χ3n) is 2.51. The van der Waals surface area contributed by atoms with E-state index in [-0.39, 0.29) is 6.61 Å². The lowest BCUT2D eigenvalue weighted by Gasteiger charge is -2.41. The van der Waals surface area contributed by atoms with Gasteiger partial charge in [-0.2, -0.15) is 0 Å². The van der Waals surface area contributed by atoms with Crippen molar-refractivity contribution in [2.75, 3.05) is 27.9 Å². The second kappa shape index (κ2) is 5.74. The van der Waals surface area contributed by atoms with Crippen LogP contribution in [0.15, 0.2) is 0 Å². The van der Waals surface area contributed by atoms with Crippen LogP contribution >= 0.6 is 0 Å². The van der Waals surface area contributed by atoms with Gasteiger partial charge in [-0.3, -0.25) is 0 Å². The van der Waals surface area contributed by atoms with E-state index in [1.54, 1.807) is 0 Å². The van der Waals surface area contributed by atoms with Crippen molar-refractivity contribution in [1.29, 1.82) is 0 Å². The van der Waals surface area contributed by atoms with Crippen LogP contribution in [0.3, 0.4) is 0 Å². The highest BCUT2D eigenvalue weighted by molar-refractivity contribution is 4.90. The molecule has 90 valence electrons. The van der Waals surface area contributed by atoms with Crippen LogP contribution in [0.5, 0.6) is 0 Å². The van der Waals surface area contributed by atoms with Crippen molar-refractivity contribution in [3.05, 3.63) is 0 Å². The summed E-state index contributed by atoms with van der Waals surface area (Å²) in [5.74, 6) is 0. The molecule has 1 aliphatic rings. The van der Waals surface area contributed by atoms with Crippen molar-refractivity contribution in [2.45, 2.75) is 30.7 Å². The average Bonchev–Trinajstić information content (AvgIpc) is 2.23. The molecule has 0 aromatic carbocycles. The quantitative estimate of drug-likeness (QED) is 0.618. The summed E-state index contributed by atoms with van der Waals surface area (Å²) in [6.45, 7) is 0.266. The first kappa shape index (κ1) is 12.8. The fraction of sp³-hybridized carbons (Fsp3) is 1.00. The predicted octanol–water partition coefficient (Wildman–Crippen LogP) is -1.26. The van der Waals surface area contributed by atoms with E-state index >= 15 is 0 Å². The third kappa shape index (κ3) is 2.66. The molecule has 1 saturated heterocycles. The first-order chi connectivity index (χ1) is 7.15. The SMILES string of the molecule is COC[C@H]1OC(O)[C@H](O)[C@@H](OC)[C@@H]1OC. The third-order valence-corrected chi connectivity index (χ3v) is 2.51. The van der Waals surface area contributed by atoms with Crippen LogP contribution in [0.2, 0.25) is 0 Å². The van der Waals surface area contributed by atoms with Crippen LogP contribution in [0.1, 0.15) is 0 Å². The molecule has 1 aliphatic heterocycles. The Balaban J connectivity index is 2.73. The monoisotopic (exact) mass is 222 g/mol. The number of ether oxygens (including phenoxy) is 4. The largest absolute Gasteiger partial charge is 0.385 e. The van der Waals surface area contributed by atoms with Gasteiger partial charge in [0.1, 0.15) is 24.4 Å². The van der Waals surface area contributed by atoms with Gasteiger partial charge in [-0.15, -0.1) is 0 Å². The zero-order valence-electron chi connectivity index (χ0n) is 9.12. The summed E-state index contributed by atoms with van der Waals surface area (Å²) in [4.78, 5) is 0. The number of aliphatic hydroxyl groups is 2. The molecule has 6 nitrogen and oxygen atoms in total. The smallest absolute Gasteiger partial charge is 0.184 e. The molecule has 0 aliphatic carbocycles. The van der Waals surface area contributed by atoms with Crippen molar-refractivity contribution in [2.24, 2.45) is 0 Å². The summed E-state index contributed by atoms with van der Waals surface area (Å²) in [5.41, 5.74) is 0. The Labute approximate surface area is 88.7 Å². The molecular weight excluding hydrogens is 204 g/mol. The van der Waals surface area contributed by atoms with E-state index in [1.807, 2.05) is 0 Å². The Bertz CT molecular complexity index is 187. The highest BCUT2D eigenvalue weighted by Crippen LogP contribution is 2.24. The van der Waals surface area contributed by atoms with E-state index in [0.29, 0.717) is 0 Å². The van der Waals surface area contributed by atoms with E-state index in [2.05, 4.69) is 0 Å². The van der Waals surface area contributed by atoms with Gasteiger partial charge in [-0.25, -0.2) is 0 Å². The predicted molar refractivity (Wildman–Crippen MR) is 50.4 cm³/mol. The molecule has 1 fully saturated rings. The van der Waals surface area contributed by atoms with Crippen LogP contribution in [0.25, 0.3) is 0 Å². The molecule has 0 amide bonds. The van der Waals surface area contributed by atoms with Crippen LogP contribution in [-0.4, -0.2) is 68.9 Å². The summed E-state index contributed by atoms with van der Waals surface area (Å²) in [6.07, 6.45) is -3.94. The molecule has 0 spiro atoms. The standard InChI is InChI=1S/C9H18O6/c1-12-4-5-7(13-2)8(14-3)6(10)9(11)15-5/h5-11H,4H2,1-3H3/t5-,6-,7-,8-,9?/m1/s1. The molecule has 2 N–H and O–H groups in total. The molecule has 1 rings (SSSR count). The Kier molecular flexibility index (Phi) is 4.91. The fourth-order valence-electron chi connectivity index (χ4n) is 1.76. The number of aliphatic hydroxyl groups excluding tert-OH is 2. The minimum absolute atomic E-state index is 0.266. The topological polar surface area (TPSA) is 77.4 Å². The van der Waals surface area contributed by atoms with Crippen molar-refractivity contribution >= 4 is 0 Å². The summed E-state index contributed by atoms with van der Waals surface area (Å²) >= 11 is 0. The van der Waals surface area contributed by atoms with Crippen LogP contribution in [-0.2, 0) is 18.9 Å². The van der Waals surface area contributed by atoms with Gasteiger partial charge in [-0.05, 0) is 0 Å². The Morgan fingerprint density at radius 2 is 1.67 bits per heavy atom. The Hall–Kier alpha value is -0.240. The number of methoxy groups -OCH3 is 3. The van der Waals surface area contributed by atoms with E-state index in [9.17, 15) is 10.2 Å². The minimum Gasteiger partial charge on any atom is -0.385 e. The molecule has 1 unspecified atom stereocenters. The van der Waals surface area contributed by atoms with Gasteiger partial charge in [0.15, 0.2) is 6.29 Å². The second-order valence-electron chi connectivity index (χ2n) is 3.41. The molecular formula is C9H18O6. The Morgan fingerprint density at radius 1 is 1.07 bits per heavy atom. The van der Waals surface area contributed by atoms with Gasteiger partial charge in [0, 0.05) is 21.3 Å². The lowest BCUT2D eigenvalue weighted by molar-refractivity contribution is -0.295. The zero-order valence-corrected chi connectivity index (χ0v) is 9.12. The highest BCUT2D eigenvalue weighted by atomic mass is 16.7. The van der Waals surface area contributed by atoms with Crippen LogP contribution in [0, 0.1) is 0 Å². The minimum atomic E-state index is -1.28. The molecule has 6 heteroatoms. The lowest BCUT2D eigenvalue weighted by Crippen LogP contribution is -2.59. The number of hydrogen-bond donors (Lipinski definition) is 2. The summed E-state index contributed by atoms with van der Waals surface area (Å²) in [7, 11) is 4.46. The average molecular weight is 222 g/mol. The molecule has 5 atom stereocenters. The summed E-state index contributed by atoms with van der Waals surface area (Å²) < 4.78 is 20.3. The second-order valence-corrected chi connectivity index (χ2v) is 3.41. The highest BCUT2D eigenvalue weighted by Gasteiger charge is 2.45. The van der Waals surface area contributed by atoms with Crippen molar-refractivity contribution in [3.63, 3.8) is 0 Å². The fourth-order valence-corrected chi connectivity index (χ4v) is 1.76. The number of hydrogen-bond acceptors (Lipinski definition) is 6. The molecule has 0 saturated carbocycles. The molecule has 15 heavy (non-hydrogen) atoms. The van der Waals surface area contributed by atoms with Crippen LogP contribution < -0.4 is 0 Å². The zero-order chi connectivity index (χ0) is 11.4. The molecule has 0 radical (unpaired) electrons. The molecule has 0 aromatic rings. The maximum absolute atomic E-state index is 9.60. The summed E-state index contributed by atoms with van der Waals surface area (Å²) in [5, 5.41) is 19.0. The van der Waals surface area contributed by atoms with Crippen molar-refractivity contribution in [1.82, 2.24) is 0 Å². The maximum atomic E-state index is 9.60. The molecule has 0 aromatic heterocycles. The Morgan fingerprint density at radius 3 is 2.13 bits per heavy atom. The van der Waals surface area contributed by atoms with Crippen LogP contribution in [0.4, 0.5) is 0 Å². The van der Waals surface area contributed by atoms with Gasteiger partial charge in [0.05, 0.1) is 6.61 Å².